The molecular weight excluding hydrogens is 286 g/mol. The van der Waals surface area contributed by atoms with Crippen LogP contribution < -0.4 is 0 Å². The van der Waals surface area contributed by atoms with Crippen molar-refractivity contribution in [1.29, 1.82) is 0 Å². The van der Waals surface area contributed by atoms with Gasteiger partial charge in [0.05, 0.1) is 0 Å². The highest BCUT2D eigenvalue weighted by Gasteiger charge is 2.32. The number of hydrogen-bond donors (Lipinski definition) is 0. The van der Waals surface area contributed by atoms with Crippen LogP contribution in [0.2, 0.25) is 0 Å². The highest BCUT2D eigenvalue weighted by atomic mass is 35.7. The Hall–Kier alpha value is -0.620. The van der Waals surface area contributed by atoms with Gasteiger partial charge in [0.15, 0.2) is 0 Å². The highest BCUT2D eigenvalue weighted by molar-refractivity contribution is 8.13. The zero-order chi connectivity index (χ0) is 14.2. The van der Waals surface area contributed by atoms with Crippen molar-refractivity contribution in [2.24, 2.45) is 11.8 Å². The monoisotopic (exact) mass is 305 g/mol. The maximum absolute atomic E-state index is 11.6. The van der Waals surface area contributed by atoms with E-state index < -0.39 is 9.05 Å². The van der Waals surface area contributed by atoms with E-state index in [0.717, 1.165) is 25.1 Å². The third kappa shape index (κ3) is 3.11. The Bertz CT molecular complexity index is 553. The topological polar surface area (TPSA) is 64.8 Å². The van der Waals surface area contributed by atoms with E-state index in [1.54, 1.807) is 4.57 Å². The van der Waals surface area contributed by atoms with Crippen LogP contribution in [0.4, 0.5) is 0 Å². The molecule has 0 spiro atoms. The van der Waals surface area contributed by atoms with Crippen LogP contribution in [0.1, 0.15) is 51.8 Å². The van der Waals surface area contributed by atoms with E-state index in [2.05, 4.69) is 17.1 Å². The molecule has 2 atom stereocenters. The molecule has 0 saturated heterocycles. The molecule has 0 bridgehead atoms. The van der Waals surface area contributed by atoms with Gasteiger partial charge in [0, 0.05) is 23.1 Å². The quantitative estimate of drug-likeness (QED) is 0.802. The van der Waals surface area contributed by atoms with Crippen molar-refractivity contribution in [1.82, 2.24) is 14.8 Å². The van der Waals surface area contributed by atoms with Gasteiger partial charge in [0.25, 0.3) is 14.2 Å². The minimum atomic E-state index is -3.84. The summed E-state index contributed by atoms with van der Waals surface area (Å²) in [6.07, 6.45) is 3.35. The molecule has 2 unspecified atom stereocenters. The zero-order valence-electron chi connectivity index (χ0n) is 11.5. The van der Waals surface area contributed by atoms with Crippen molar-refractivity contribution in [3.8, 4) is 0 Å². The second kappa shape index (κ2) is 5.40. The van der Waals surface area contributed by atoms with Crippen LogP contribution in [0.5, 0.6) is 0 Å². The first-order valence-electron chi connectivity index (χ1n) is 6.68. The van der Waals surface area contributed by atoms with Gasteiger partial charge in [-0.2, -0.15) is 0 Å². The van der Waals surface area contributed by atoms with Crippen LogP contribution in [-0.2, 0) is 15.6 Å². The molecule has 1 aromatic rings. The van der Waals surface area contributed by atoms with Gasteiger partial charge in [-0.3, -0.25) is 0 Å². The van der Waals surface area contributed by atoms with Crippen molar-refractivity contribution >= 4 is 19.7 Å². The Morgan fingerprint density at radius 1 is 1.37 bits per heavy atom. The summed E-state index contributed by atoms with van der Waals surface area (Å²) in [4.78, 5) is 0. The van der Waals surface area contributed by atoms with E-state index >= 15 is 0 Å². The fraction of sp³-hybridized carbons (Fsp3) is 0.833. The lowest BCUT2D eigenvalue weighted by Crippen LogP contribution is -2.17. The number of hydrogen-bond acceptors (Lipinski definition) is 4. The molecule has 0 N–H and O–H groups in total. The molecule has 1 fully saturated rings. The highest BCUT2D eigenvalue weighted by Crippen LogP contribution is 2.39. The summed E-state index contributed by atoms with van der Waals surface area (Å²) in [5, 5.41) is 7.82. The summed E-state index contributed by atoms with van der Waals surface area (Å²) in [7, 11) is 1.61. The van der Waals surface area contributed by atoms with Crippen LogP contribution >= 0.6 is 10.7 Å². The minimum absolute atomic E-state index is 0.114. The van der Waals surface area contributed by atoms with Gasteiger partial charge in [-0.15, -0.1) is 10.2 Å². The van der Waals surface area contributed by atoms with Crippen molar-refractivity contribution in [3.05, 3.63) is 5.82 Å². The van der Waals surface area contributed by atoms with Crippen LogP contribution in [0.15, 0.2) is 5.16 Å². The first kappa shape index (κ1) is 14.8. The molecular formula is C12H20ClN3O2S. The molecule has 1 aliphatic rings. The number of rotatable bonds is 4. The van der Waals surface area contributed by atoms with Gasteiger partial charge < -0.3 is 4.57 Å². The zero-order valence-corrected chi connectivity index (χ0v) is 13.1. The first-order chi connectivity index (χ1) is 8.80. The summed E-state index contributed by atoms with van der Waals surface area (Å²) < 4.78 is 24.9. The smallest absolute Gasteiger partial charge is 0.296 e. The summed E-state index contributed by atoms with van der Waals surface area (Å²) in [5.41, 5.74) is 0. The van der Waals surface area contributed by atoms with Crippen LogP contribution in [-0.4, -0.2) is 23.2 Å². The molecule has 0 radical (unpaired) electrons. The molecule has 5 nitrogen and oxygen atoms in total. The second-order valence-electron chi connectivity index (χ2n) is 5.80. The molecule has 108 valence electrons. The fourth-order valence-corrected chi connectivity index (χ4v) is 3.73. The second-order valence-corrected chi connectivity index (χ2v) is 8.26. The standard InChI is InChI=1S/C12H20ClN3O2S/c1-8(2)7-16-11(10-6-4-5-9(10)3)14-15-12(16)19(13,17)18/h8-10H,4-7H2,1-3H3. The summed E-state index contributed by atoms with van der Waals surface area (Å²) in [6.45, 7) is 6.83. The van der Waals surface area contributed by atoms with Gasteiger partial charge in [-0.05, 0) is 24.7 Å². The predicted octanol–water partition coefficient (Wildman–Crippen LogP) is 2.77. The Labute approximate surface area is 118 Å². The van der Waals surface area contributed by atoms with Gasteiger partial charge in [0.2, 0.25) is 0 Å². The van der Waals surface area contributed by atoms with E-state index in [1.807, 2.05) is 13.8 Å². The third-order valence-electron chi connectivity index (χ3n) is 3.70. The van der Waals surface area contributed by atoms with Gasteiger partial charge in [-0.25, -0.2) is 8.42 Å². The SMILES string of the molecule is CC(C)Cn1c(C2CCCC2C)nnc1S(=O)(=O)Cl. The largest absolute Gasteiger partial charge is 0.300 e. The molecule has 2 rings (SSSR count). The van der Waals surface area contributed by atoms with Crippen molar-refractivity contribution in [2.75, 3.05) is 0 Å². The van der Waals surface area contributed by atoms with Crippen molar-refractivity contribution < 1.29 is 8.42 Å². The molecule has 0 amide bonds. The first-order valence-corrected chi connectivity index (χ1v) is 8.99. The van der Waals surface area contributed by atoms with Crippen LogP contribution in [0.3, 0.4) is 0 Å². The molecule has 1 saturated carbocycles. The molecule has 1 heterocycles. The van der Waals surface area contributed by atoms with E-state index in [9.17, 15) is 8.42 Å². The van der Waals surface area contributed by atoms with Gasteiger partial charge >= 0.3 is 0 Å². The van der Waals surface area contributed by atoms with E-state index in [0.29, 0.717) is 24.3 Å². The average molecular weight is 306 g/mol. The van der Waals surface area contributed by atoms with Crippen LogP contribution in [0, 0.1) is 11.8 Å². The Kier molecular flexibility index (Phi) is 4.20. The lowest BCUT2D eigenvalue weighted by Gasteiger charge is -2.18. The summed E-state index contributed by atoms with van der Waals surface area (Å²) in [6, 6.07) is 0. The minimum Gasteiger partial charge on any atom is -0.300 e. The lowest BCUT2D eigenvalue weighted by molar-refractivity contribution is 0.430. The van der Waals surface area contributed by atoms with E-state index in [1.165, 1.54) is 0 Å². The number of halogens is 1. The summed E-state index contributed by atoms with van der Waals surface area (Å²) in [5.74, 6) is 1.89. The maximum Gasteiger partial charge on any atom is 0.296 e. The van der Waals surface area contributed by atoms with Crippen molar-refractivity contribution in [2.45, 2.75) is 57.7 Å². The van der Waals surface area contributed by atoms with Crippen molar-refractivity contribution in [3.63, 3.8) is 0 Å². The molecule has 0 aromatic carbocycles. The van der Waals surface area contributed by atoms with Gasteiger partial charge in [-0.1, -0.05) is 27.2 Å². The lowest BCUT2D eigenvalue weighted by atomic mass is 9.97. The maximum atomic E-state index is 11.6. The molecule has 1 aromatic heterocycles. The molecule has 0 aliphatic heterocycles. The fourth-order valence-electron chi connectivity index (χ4n) is 2.82. The molecule has 1 aliphatic carbocycles. The third-order valence-corrected chi connectivity index (χ3v) is 4.86. The Morgan fingerprint density at radius 3 is 2.53 bits per heavy atom. The average Bonchev–Trinajstić information content (AvgIpc) is 2.82. The van der Waals surface area contributed by atoms with E-state index in [-0.39, 0.29) is 5.16 Å². The normalized spacial score (nSPS) is 24.3. The van der Waals surface area contributed by atoms with E-state index in [4.69, 9.17) is 10.7 Å². The van der Waals surface area contributed by atoms with Crippen LogP contribution in [0.25, 0.3) is 0 Å². The summed E-state index contributed by atoms with van der Waals surface area (Å²) >= 11 is 0. The molecule has 19 heavy (non-hydrogen) atoms. The Balaban J connectivity index is 2.46. The number of nitrogens with zero attached hydrogens (tertiary/aromatic N) is 3. The number of aromatic nitrogens is 3. The predicted molar refractivity (Wildman–Crippen MR) is 73.7 cm³/mol. The Morgan fingerprint density at radius 2 is 2.05 bits per heavy atom. The van der Waals surface area contributed by atoms with Gasteiger partial charge in [0.1, 0.15) is 5.82 Å². The molecule has 7 heteroatoms.